The number of thiophene rings is 1. The molecular formula is C19H17N3O2S. The van der Waals surface area contributed by atoms with Crippen LogP contribution in [0.4, 0.5) is 10.8 Å². The number of fused-ring (bicyclic) bond motifs is 1. The first kappa shape index (κ1) is 15.8. The van der Waals surface area contributed by atoms with Gasteiger partial charge in [0.2, 0.25) is 0 Å². The van der Waals surface area contributed by atoms with Crippen LogP contribution >= 0.6 is 11.3 Å². The van der Waals surface area contributed by atoms with E-state index in [9.17, 15) is 5.11 Å². The lowest BCUT2D eigenvalue weighted by Gasteiger charge is -2.17. The summed E-state index contributed by atoms with van der Waals surface area (Å²) >= 11 is 1.66. The van der Waals surface area contributed by atoms with Gasteiger partial charge in [0.15, 0.2) is 0 Å². The van der Waals surface area contributed by atoms with Crippen molar-refractivity contribution < 1.29 is 9.52 Å². The Kier molecular flexibility index (Phi) is 3.99. The van der Waals surface area contributed by atoms with Crippen LogP contribution in [0.2, 0.25) is 0 Å². The maximum atomic E-state index is 9.66. The van der Waals surface area contributed by atoms with Crippen molar-refractivity contribution in [3.05, 3.63) is 59.9 Å². The number of anilines is 2. The van der Waals surface area contributed by atoms with Gasteiger partial charge >= 0.3 is 0 Å². The highest BCUT2D eigenvalue weighted by atomic mass is 32.1. The summed E-state index contributed by atoms with van der Waals surface area (Å²) in [7, 11) is 2.00. The Morgan fingerprint density at radius 1 is 1.16 bits per heavy atom. The van der Waals surface area contributed by atoms with E-state index in [4.69, 9.17) is 4.42 Å². The van der Waals surface area contributed by atoms with Crippen molar-refractivity contribution in [1.29, 1.82) is 0 Å². The van der Waals surface area contributed by atoms with Crippen molar-refractivity contribution in [2.75, 3.05) is 11.9 Å². The third-order valence-corrected chi connectivity index (χ3v) is 5.04. The van der Waals surface area contributed by atoms with E-state index in [1.54, 1.807) is 30.7 Å². The molecule has 0 saturated heterocycles. The zero-order valence-corrected chi connectivity index (χ0v) is 14.7. The summed E-state index contributed by atoms with van der Waals surface area (Å²) < 4.78 is 5.75. The minimum absolute atomic E-state index is 0.551. The van der Waals surface area contributed by atoms with Crippen molar-refractivity contribution >= 4 is 33.1 Å². The summed E-state index contributed by atoms with van der Waals surface area (Å²) in [6.45, 7) is 1.69. The van der Waals surface area contributed by atoms with Crippen LogP contribution in [-0.2, 0) is 0 Å². The maximum absolute atomic E-state index is 9.66. The van der Waals surface area contributed by atoms with Gasteiger partial charge in [-0.2, -0.15) is 0 Å². The van der Waals surface area contributed by atoms with Crippen molar-refractivity contribution in [3.63, 3.8) is 0 Å². The van der Waals surface area contributed by atoms with Gasteiger partial charge in [-0.3, -0.25) is 0 Å². The third kappa shape index (κ3) is 2.90. The van der Waals surface area contributed by atoms with Crippen LogP contribution in [-0.4, -0.2) is 22.1 Å². The van der Waals surface area contributed by atoms with E-state index in [2.05, 4.69) is 20.9 Å². The number of benzene rings is 1. The molecule has 3 heterocycles. The molecule has 1 aromatic carbocycles. The highest BCUT2D eigenvalue weighted by Crippen LogP contribution is 2.34. The van der Waals surface area contributed by atoms with Crippen LogP contribution in [0.25, 0.3) is 22.2 Å². The molecule has 0 aliphatic heterocycles. The molecule has 1 unspecified atom stereocenters. The second kappa shape index (κ2) is 6.31. The molecular weight excluding hydrogens is 334 g/mol. The second-order valence-electron chi connectivity index (χ2n) is 5.82. The molecule has 1 atom stereocenters. The molecule has 3 aromatic heterocycles. The van der Waals surface area contributed by atoms with Gasteiger partial charge in [-0.25, -0.2) is 9.97 Å². The van der Waals surface area contributed by atoms with Crippen LogP contribution < -0.4 is 4.90 Å². The van der Waals surface area contributed by atoms with Gasteiger partial charge in [0.25, 0.3) is 0 Å². The van der Waals surface area contributed by atoms with Crippen LogP contribution in [0.1, 0.15) is 18.8 Å². The lowest BCUT2D eigenvalue weighted by atomic mass is 10.1. The standard InChI is InChI=1S/C19H17N3O2S/c1-12(23)16-7-8-17(24-16)13-5-6-15-14(10-13)19(21-11-20-15)22(2)18-4-3-9-25-18/h3-12,23H,1-2H3. The lowest BCUT2D eigenvalue weighted by molar-refractivity contribution is 0.170. The van der Waals surface area contributed by atoms with Gasteiger partial charge in [-0.1, -0.05) is 0 Å². The predicted octanol–water partition coefficient (Wildman–Crippen LogP) is 4.77. The molecule has 0 fully saturated rings. The Labute approximate surface area is 149 Å². The van der Waals surface area contributed by atoms with Gasteiger partial charge in [-0.05, 0) is 54.8 Å². The van der Waals surface area contributed by atoms with Crippen molar-refractivity contribution in [1.82, 2.24) is 9.97 Å². The van der Waals surface area contributed by atoms with Crippen LogP contribution in [0.5, 0.6) is 0 Å². The Hall–Kier alpha value is -2.70. The molecule has 1 N–H and O–H groups in total. The second-order valence-corrected chi connectivity index (χ2v) is 6.74. The maximum Gasteiger partial charge on any atom is 0.144 e. The van der Waals surface area contributed by atoms with E-state index >= 15 is 0 Å². The number of hydrogen-bond donors (Lipinski definition) is 1. The summed E-state index contributed by atoms with van der Waals surface area (Å²) in [4.78, 5) is 10.9. The number of rotatable bonds is 4. The molecule has 0 bridgehead atoms. The Bertz CT molecular complexity index is 1010. The fourth-order valence-electron chi connectivity index (χ4n) is 2.76. The van der Waals surface area contributed by atoms with E-state index < -0.39 is 6.10 Å². The van der Waals surface area contributed by atoms with Crippen molar-refractivity contribution in [3.8, 4) is 11.3 Å². The SMILES string of the molecule is CC(O)c1ccc(-c2ccc3ncnc(N(C)c4cccs4)c3c2)o1. The fourth-order valence-corrected chi connectivity index (χ4v) is 3.46. The monoisotopic (exact) mass is 351 g/mol. The summed E-state index contributed by atoms with van der Waals surface area (Å²) in [5, 5.41) is 13.8. The van der Waals surface area contributed by atoms with Crippen molar-refractivity contribution in [2.45, 2.75) is 13.0 Å². The minimum atomic E-state index is -0.627. The molecule has 126 valence electrons. The molecule has 0 radical (unpaired) electrons. The third-order valence-electron chi connectivity index (χ3n) is 4.09. The molecule has 4 aromatic rings. The Balaban J connectivity index is 1.82. The molecule has 4 rings (SSSR count). The first-order chi connectivity index (χ1) is 12.1. The van der Waals surface area contributed by atoms with Gasteiger partial charge in [0, 0.05) is 18.0 Å². The summed E-state index contributed by atoms with van der Waals surface area (Å²) in [5.41, 5.74) is 1.80. The van der Waals surface area contributed by atoms with Crippen LogP contribution in [0.15, 0.2) is 58.6 Å². The average molecular weight is 351 g/mol. The predicted molar refractivity (Wildman–Crippen MR) is 100 cm³/mol. The number of aliphatic hydroxyl groups is 1. The largest absolute Gasteiger partial charge is 0.458 e. The van der Waals surface area contributed by atoms with E-state index in [-0.39, 0.29) is 0 Å². The van der Waals surface area contributed by atoms with E-state index in [1.807, 2.05) is 42.8 Å². The van der Waals surface area contributed by atoms with Crippen LogP contribution in [0.3, 0.4) is 0 Å². The number of hydrogen-bond acceptors (Lipinski definition) is 6. The molecule has 5 nitrogen and oxygen atoms in total. The molecule has 0 saturated carbocycles. The average Bonchev–Trinajstić information content (AvgIpc) is 3.31. The molecule has 6 heteroatoms. The molecule has 0 amide bonds. The molecule has 0 aliphatic rings. The Morgan fingerprint density at radius 2 is 2.04 bits per heavy atom. The zero-order chi connectivity index (χ0) is 17.4. The van der Waals surface area contributed by atoms with E-state index in [0.717, 1.165) is 27.3 Å². The van der Waals surface area contributed by atoms with Gasteiger partial charge < -0.3 is 14.4 Å². The van der Waals surface area contributed by atoms with Gasteiger partial charge in [0.1, 0.15) is 29.8 Å². The fraction of sp³-hybridized carbons (Fsp3) is 0.158. The quantitative estimate of drug-likeness (QED) is 0.574. The highest BCUT2D eigenvalue weighted by molar-refractivity contribution is 7.14. The smallest absolute Gasteiger partial charge is 0.144 e. The Morgan fingerprint density at radius 3 is 2.76 bits per heavy atom. The summed E-state index contributed by atoms with van der Waals surface area (Å²) in [6.07, 6.45) is 0.956. The highest BCUT2D eigenvalue weighted by Gasteiger charge is 2.14. The number of nitrogens with zero attached hydrogens (tertiary/aromatic N) is 3. The minimum Gasteiger partial charge on any atom is -0.458 e. The zero-order valence-electron chi connectivity index (χ0n) is 13.9. The summed E-state index contributed by atoms with van der Waals surface area (Å²) in [5.74, 6) is 2.11. The normalized spacial score (nSPS) is 12.4. The summed E-state index contributed by atoms with van der Waals surface area (Å²) in [6, 6.07) is 13.7. The first-order valence-corrected chi connectivity index (χ1v) is 8.81. The van der Waals surface area contributed by atoms with Crippen molar-refractivity contribution in [2.24, 2.45) is 0 Å². The number of furan rings is 1. The van der Waals surface area contributed by atoms with E-state index in [0.29, 0.717) is 11.5 Å². The molecule has 0 spiro atoms. The number of aliphatic hydroxyl groups excluding tert-OH is 1. The van der Waals surface area contributed by atoms with Crippen LogP contribution in [0, 0.1) is 0 Å². The molecule has 25 heavy (non-hydrogen) atoms. The topological polar surface area (TPSA) is 62.4 Å². The number of aromatic nitrogens is 2. The molecule has 0 aliphatic carbocycles. The van der Waals surface area contributed by atoms with Gasteiger partial charge in [-0.15, -0.1) is 11.3 Å². The van der Waals surface area contributed by atoms with Gasteiger partial charge in [0.05, 0.1) is 10.5 Å². The lowest BCUT2D eigenvalue weighted by Crippen LogP contribution is -2.10. The van der Waals surface area contributed by atoms with E-state index in [1.165, 1.54) is 0 Å². The first-order valence-electron chi connectivity index (χ1n) is 7.93.